The van der Waals surface area contributed by atoms with Crippen LogP contribution in [-0.4, -0.2) is 16.6 Å². The Labute approximate surface area is 71.3 Å². The molecule has 64 valence electrons. The molecule has 2 rings (SSSR count). The predicted molar refractivity (Wildman–Crippen MR) is 43.4 cm³/mol. The summed E-state index contributed by atoms with van der Waals surface area (Å²) in [6.45, 7) is 3.01. The maximum Gasteiger partial charge on any atom is 0.203 e. The largest absolute Gasteiger partial charge is 0.280 e. The van der Waals surface area contributed by atoms with Crippen LogP contribution < -0.4 is 4.84 Å². The van der Waals surface area contributed by atoms with E-state index in [1.54, 1.807) is 0 Å². The van der Waals surface area contributed by atoms with Crippen LogP contribution in [0.1, 0.15) is 12.5 Å². The van der Waals surface area contributed by atoms with Gasteiger partial charge in [-0.3, -0.25) is 4.84 Å². The third-order valence-electron chi connectivity index (χ3n) is 2.15. The van der Waals surface area contributed by atoms with E-state index in [0.29, 0.717) is 13.1 Å². The third kappa shape index (κ3) is 1.07. The topological polar surface area (TPSA) is 29.5 Å². The SMILES string of the molecule is CC[N+]1(O)Cc2ccccc2O1. The lowest BCUT2D eigenvalue weighted by atomic mass is 10.2. The summed E-state index contributed by atoms with van der Waals surface area (Å²) in [5.41, 5.74) is 1.07. The Morgan fingerprint density at radius 2 is 2.25 bits per heavy atom. The molecule has 0 bridgehead atoms. The summed E-state index contributed by atoms with van der Waals surface area (Å²) in [5.74, 6) is 0.793. The molecule has 3 nitrogen and oxygen atoms in total. The van der Waals surface area contributed by atoms with Gasteiger partial charge in [-0.25, -0.2) is 0 Å². The number of benzene rings is 1. The van der Waals surface area contributed by atoms with Crippen LogP contribution in [0.3, 0.4) is 0 Å². The first kappa shape index (κ1) is 7.58. The second-order valence-electron chi connectivity index (χ2n) is 3.02. The van der Waals surface area contributed by atoms with Crippen LogP contribution in [-0.2, 0) is 6.54 Å². The molecular weight excluding hydrogens is 154 g/mol. The predicted octanol–water partition coefficient (Wildman–Crippen LogP) is 1.72. The van der Waals surface area contributed by atoms with Crippen molar-refractivity contribution < 1.29 is 14.9 Å². The van der Waals surface area contributed by atoms with Crippen LogP contribution in [0.4, 0.5) is 0 Å². The number of hydroxylamine groups is 4. The van der Waals surface area contributed by atoms with Gasteiger partial charge in [-0.2, -0.15) is 5.21 Å². The Balaban J connectivity index is 2.33. The quantitative estimate of drug-likeness (QED) is 0.644. The van der Waals surface area contributed by atoms with Gasteiger partial charge in [-0.15, -0.1) is 0 Å². The Morgan fingerprint density at radius 1 is 1.50 bits per heavy atom. The van der Waals surface area contributed by atoms with Crippen molar-refractivity contribution in [2.24, 2.45) is 0 Å². The molecule has 12 heavy (non-hydrogen) atoms. The molecule has 0 fully saturated rings. The van der Waals surface area contributed by atoms with Crippen LogP contribution >= 0.6 is 0 Å². The highest BCUT2D eigenvalue weighted by molar-refractivity contribution is 5.33. The van der Waals surface area contributed by atoms with E-state index >= 15 is 0 Å². The van der Waals surface area contributed by atoms with Gasteiger partial charge < -0.3 is 0 Å². The summed E-state index contributed by atoms with van der Waals surface area (Å²) in [6, 6.07) is 7.71. The smallest absolute Gasteiger partial charge is 0.203 e. The molecule has 1 aliphatic rings. The highest BCUT2D eigenvalue weighted by Gasteiger charge is 2.36. The minimum absolute atomic E-state index is 0.320. The summed E-state index contributed by atoms with van der Waals surface area (Å²) in [7, 11) is 0. The molecule has 1 aromatic rings. The van der Waals surface area contributed by atoms with Crippen LogP contribution in [0.25, 0.3) is 0 Å². The highest BCUT2D eigenvalue weighted by atomic mass is 16.9. The first-order valence-electron chi connectivity index (χ1n) is 4.11. The van der Waals surface area contributed by atoms with Crippen LogP contribution in [0.5, 0.6) is 5.75 Å². The van der Waals surface area contributed by atoms with E-state index in [-0.39, 0.29) is 4.81 Å². The van der Waals surface area contributed by atoms with Crippen molar-refractivity contribution in [3.63, 3.8) is 0 Å². The van der Waals surface area contributed by atoms with Gasteiger partial charge in [0.1, 0.15) is 6.54 Å². The van der Waals surface area contributed by atoms with Crippen molar-refractivity contribution in [1.82, 2.24) is 0 Å². The average molecular weight is 166 g/mol. The fourth-order valence-electron chi connectivity index (χ4n) is 1.38. The van der Waals surface area contributed by atoms with Gasteiger partial charge in [0.15, 0.2) is 6.54 Å². The number of hydrogen-bond acceptors (Lipinski definition) is 2. The fraction of sp³-hybridized carbons (Fsp3) is 0.333. The van der Waals surface area contributed by atoms with E-state index < -0.39 is 0 Å². The molecule has 1 unspecified atom stereocenters. The van der Waals surface area contributed by atoms with Gasteiger partial charge in [0.2, 0.25) is 5.75 Å². The van der Waals surface area contributed by atoms with Crippen molar-refractivity contribution in [2.75, 3.05) is 6.54 Å². The van der Waals surface area contributed by atoms with E-state index in [0.717, 1.165) is 11.3 Å². The lowest BCUT2D eigenvalue weighted by molar-refractivity contribution is -1.23. The third-order valence-corrected chi connectivity index (χ3v) is 2.15. The number of nitrogens with zero attached hydrogens (tertiary/aromatic N) is 1. The van der Waals surface area contributed by atoms with Gasteiger partial charge >= 0.3 is 0 Å². The standard InChI is InChI=1S/C9H12NO2/c1-2-10(11)7-8-5-3-4-6-9(8)12-10/h3-6,11H,2,7H2,1H3/q+1. The molecule has 0 radical (unpaired) electrons. The van der Waals surface area contributed by atoms with Crippen LogP contribution in [0, 0.1) is 0 Å². The Morgan fingerprint density at radius 3 is 2.92 bits per heavy atom. The number of hydrogen-bond donors (Lipinski definition) is 1. The second-order valence-corrected chi connectivity index (χ2v) is 3.02. The number of fused-ring (bicyclic) bond motifs is 1. The average Bonchev–Trinajstić information content (AvgIpc) is 2.42. The molecule has 0 aromatic heterocycles. The summed E-state index contributed by atoms with van der Waals surface area (Å²) in [4.78, 5) is 5.02. The number of rotatable bonds is 1. The van der Waals surface area contributed by atoms with Crippen LogP contribution in [0.15, 0.2) is 24.3 Å². The fourth-order valence-corrected chi connectivity index (χ4v) is 1.38. The minimum atomic E-state index is -0.320. The lowest BCUT2D eigenvalue weighted by Gasteiger charge is -2.18. The zero-order valence-corrected chi connectivity index (χ0v) is 7.03. The van der Waals surface area contributed by atoms with Gasteiger partial charge in [0.05, 0.1) is 5.56 Å². The van der Waals surface area contributed by atoms with E-state index in [9.17, 15) is 5.21 Å². The van der Waals surface area contributed by atoms with E-state index in [4.69, 9.17) is 4.84 Å². The summed E-state index contributed by atoms with van der Waals surface area (Å²) < 4.78 is 0. The van der Waals surface area contributed by atoms with Crippen molar-refractivity contribution in [3.8, 4) is 5.75 Å². The Kier molecular flexibility index (Phi) is 1.56. The van der Waals surface area contributed by atoms with Gasteiger partial charge in [-0.05, 0) is 19.1 Å². The molecule has 3 heteroatoms. The molecule has 1 N–H and O–H groups in total. The minimum Gasteiger partial charge on any atom is -0.280 e. The lowest BCUT2D eigenvalue weighted by Crippen LogP contribution is -2.42. The Hall–Kier alpha value is -1.06. The molecule has 0 spiro atoms. The first-order valence-corrected chi connectivity index (χ1v) is 4.11. The van der Waals surface area contributed by atoms with Gasteiger partial charge in [-0.1, -0.05) is 12.1 Å². The summed E-state index contributed by atoms with van der Waals surface area (Å²) in [5, 5.41) is 9.74. The van der Waals surface area contributed by atoms with E-state index in [2.05, 4.69) is 0 Å². The Bertz CT molecular complexity index is 273. The van der Waals surface area contributed by atoms with Crippen molar-refractivity contribution >= 4 is 0 Å². The van der Waals surface area contributed by atoms with Crippen molar-refractivity contribution in [2.45, 2.75) is 13.5 Å². The van der Waals surface area contributed by atoms with Crippen molar-refractivity contribution in [3.05, 3.63) is 29.8 Å². The molecular formula is C9H12NO2+. The summed E-state index contributed by atoms with van der Waals surface area (Å²) >= 11 is 0. The molecule has 1 atom stereocenters. The molecule has 1 heterocycles. The first-order chi connectivity index (χ1) is 5.73. The maximum absolute atomic E-state index is 9.74. The zero-order chi connectivity index (χ0) is 8.60. The normalized spacial score (nSPS) is 26.5. The van der Waals surface area contributed by atoms with Gasteiger partial charge in [0, 0.05) is 4.81 Å². The zero-order valence-electron chi connectivity index (χ0n) is 7.03. The van der Waals surface area contributed by atoms with Gasteiger partial charge in [0.25, 0.3) is 0 Å². The summed E-state index contributed by atoms with van der Waals surface area (Å²) in [6.07, 6.45) is 0. The number of para-hydroxylation sites is 1. The van der Waals surface area contributed by atoms with Crippen molar-refractivity contribution in [1.29, 1.82) is 0 Å². The molecule has 0 amide bonds. The highest BCUT2D eigenvalue weighted by Crippen LogP contribution is 2.30. The van der Waals surface area contributed by atoms with E-state index in [1.807, 2.05) is 31.2 Å². The maximum atomic E-state index is 9.74. The molecule has 0 saturated carbocycles. The van der Waals surface area contributed by atoms with E-state index in [1.165, 1.54) is 0 Å². The molecule has 1 aromatic carbocycles. The second kappa shape index (κ2) is 2.47. The monoisotopic (exact) mass is 166 g/mol. The molecule has 0 saturated heterocycles. The molecule has 0 aliphatic carbocycles. The molecule has 1 aliphatic heterocycles. The number of quaternary nitrogens is 1. The van der Waals surface area contributed by atoms with Crippen LogP contribution in [0.2, 0.25) is 0 Å².